The van der Waals surface area contributed by atoms with E-state index in [2.05, 4.69) is 0 Å². The van der Waals surface area contributed by atoms with Gasteiger partial charge in [-0.1, -0.05) is 38.0 Å². The minimum atomic E-state index is -2.09. The van der Waals surface area contributed by atoms with Crippen LogP contribution in [0.5, 0.6) is 0 Å². The van der Waals surface area contributed by atoms with Crippen molar-refractivity contribution in [1.82, 2.24) is 0 Å². The van der Waals surface area contributed by atoms with Crippen LogP contribution in [0.2, 0.25) is 0 Å². The minimum absolute atomic E-state index is 0.0320. The summed E-state index contributed by atoms with van der Waals surface area (Å²) >= 11 is 0. The van der Waals surface area contributed by atoms with Crippen molar-refractivity contribution in [3.05, 3.63) is 23.3 Å². The zero-order valence-corrected chi connectivity index (χ0v) is 35.2. The second-order valence-electron chi connectivity index (χ2n) is 17.6. The zero-order valence-electron chi connectivity index (χ0n) is 35.2. The summed E-state index contributed by atoms with van der Waals surface area (Å²) in [6.07, 6.45) is -4.52. The molecule has 0 spiro atoms. The fraction of sp³-hybridized carbons (Fsp3) is 0.762. The van der Waals surface area contributed by atoms with E-state index in [1.165, 1.54) is 26.8 Å². The maximum absolute atomic E-state index is 13.5. The highest BCUT2D eigenvalue weighted by atomic mass is 16.7. The van der Waals surface area contributed by atoms with Crippen LogP contribution in [-0.2, 0) is 61.9 Å². The molecule has 0 aromatic rings. The molecular formula is C42H60O16. The topological polar surface area (TPSA) is 228 Å². The Morgan fingerprint density at radius 1 is 0.828 bits per heavy atom. The number of Topliss-reactive ketones (excluding diaryl/α,β-unsaturated/α-hetero) is 1. The van der Waals surface area contributed by atoms with E-state index in [1.54, 1.807) is 6.92 Å². The summed E-state index contributed by atoms with van der Waals surface area (Å²) in [6, 6.07) is 0. The van der Waals surface area contributed by atoms with Gasteiger partial charge in [0.2, 0.25) is 0 Å². The molecule has 0 bridgehead atoms. The molecule has 1 heterocycles. The van der Waals surface area contributed by atoms with Gasteiger partial charge in [-0.05, 0) is 77.0 Å². The first-order chi connectivity index (χ1) is 26.8. The van der Waals surface area contributed by atoms with Gasteiger partial charge in [0, 0.05) is 39.7 Å². The summed E-state index contributed by atoms with van der Waals surface area (Å²) < 4.78 is 40.7. The van der Waals surface area contributed by atoms with Crippen LogP contribution in [0, 0.1) is 22.7 Å². The van der Waals surface area contributed by atoms with E-state index in [0.717, 1.165) is 31.9 Å². The molecule has 16 heteroatoms. The number of ether oxygens (including phenoxy) is 7. The van der Waals surface area contributed by atoms with Crippen molar-refractivity contribution in [2.24, 2.45) is 22.7 Å². The van der Waals surface area contributed by atoms with Crippen molar-refractivity contribution < 1.29 is 77.2 Å². The molecule has 0 amide bonds. The highest BCUT2D eigenvalue weighted by molar-refractivity contribution is 5.87. The number of fused-ring (bicyclic) bond motifs is 5. The van der Waals surface area contributed by atoms with Crippen molar-refractivity contribution >= 4 is 35.6 Å². The Hall–Kier alpha value is -3.70. The summed E-state index contributed by atoms with van der Waals surface area (Å²) in [5.74, 6) is -4.88. The fourth-order valence-corrected chi connectivity index (χ4v) is 10.5. The van der Waals surface area contributed by atoms with E-state index < -0.39 is 119 Å². The Morgan fingerprint density at radius 3 is 2.00 bits per heavy atom. The second kappa shape index (κ2) is 16.4. The first-order valence-corrected chi connectivity index (χ1v) is 20.1. The Morgan fingerprint density at radius 2 is 1.43 bits per heavy atom. The molecule has 0 unspecified atom stereocenters. The molecule has 4 aliphatic carbocycles. The quantitative estimate of drug-likeness (QED) is 0.118. The highest BCUT2D eigenvalue weighted by Gasteiger charge is 2.81. The van der Waals surface area contributed by atoms with E-state index in [0.29, 0.717) is 12.8 Å². The van der Waals surface area contributed by atoms with E-state index in [4.69, 9.17) is 33.2 Å². The van der Waals surface area contributed by atoms with Crippen molar-refractivity contribution in [3.63, 3.8) is 0 Å². The van der Waals surface area contributed by atoms with Crippen molar-refractivity contribution in [1.29, 1.82) is 0 Å². The monoisotopic (exact) mass is 820 g/mol. The highest BCUT2D eigenvalue weighted by Crippen LogP contribution is 2.71. The Balaban J connectivity index is 1.49. The predicted octanol–water partition coefficient (Wildman–Crippen LogP) is 3.09. The third kappa shape index (κ3) is 7.75. The summed E-state index contributed by atoms with van der Waals surface area (Å²) in [4.78, 5) is 75.4. The van der Waals surface area contributed by atoms with Gasteiger partial charge < -0.3 is 48.5 Å². The van der Waals surface area contributed by atoms with E-state index in [1.807, 2.05) is 26.8 Å². The Kier molecular flexibility index (Phi) is 12.8. The van der Waals surface area contributed by atoms with Gasteiger partial charge in [-0.15, -0.1) is 0 Å². The number of rotatable bonds is 11. The maximum Gasteiger partial charge on any atom is 0.330 e. The summed E-state index contributed by atoms with van der Waals surface area (Å²) in [5, 5.41) is 37.7. The van der Waals surface area contributed by atoms with Crippen LogP contribution >= 0.6 is 0 Å². The van der Waals surface area contributed by atoms with Gasteiger partial charge in [-0.25, -0.2) is 4.79 Å². The molecule has 16 nitrogen and oxygen atoms in total. The summed E-state index contributed by atoms with van der Waals surface area (Å²) in [6.45, 7) is 14.6. The number of hydrogen-bond acceptors (Lipinski definition) is 16. The lowest BCUT2D eigenvalue weighted by Crippen LogP contribution is -2.78. The van der Waals surface area contributed by atoms with Crippen LogP contribution in [0.1, 0.15) is 114 Å². The number of aliphatic hydroxyl groups is 3. The van der Waals surface area contributed by atoms with E-state index in [-0.39, 0.29) is 38.0 Å². The minimum Gasteiger partial charge on any atom is -0.463 e. The molecule has 1 aliphatic heterocycles. The number of carbonyl (C=O) groups is 6. The Bertz CT molecular complexity index is 1740. The van der Waals surface area contributed by atoms with Crippen LogP contribution in [0.3, 0.4) is 0 Å². The molecule has 13 atom stereocenters. The molecule has 58 heavy (non-hydrogen) atoms. The number of ketones is 1. The van der Waals surface area contributed by atoms with Gasteiger partial charge >= 0.3 is 29.8 Å². The van der Waals surface area contributed by atoms with E-state index >= 15 is 0 Å². The summed E-state index contributed by atoms with van der Waals surface area (Å²) in [5.41, 5.74) is -6.89. The lowest BCUT2D eigenvalue weighted by molar-refractivity contribution is -0.323. The fourth-order valence-electron chi connectivity index (χ4n) is 10.5. The zero-order chi connectivity index (χ0) is 43.3. The first kappa shape index (κ1) is 45.4. The van der Waals surface area contributed by atoms with Crippen LogP contribution in [-0.4, -0.2) is 117 Å². The molecule has 3 N–H and O–H groups in total. The molecule has 324 valence electrons. The molecule has 1 saturated heterocycles. The average Bonchev–Trinajstić information content (AvgIpc) is 3.34. The first-order valence-electron chi connectivity index (χ1n) is 20.1. The van der Waals surface area contributed by atoms with Gasteiger partial charge in [0.25, 0.3) is 0 Å². The number of esters is 5. The molecule has 0 aromatic heterocycles. The van der Waals surface area contributed by atoms with Gasteiger partial charge in [-0.3, -0.25) is 24.0 Å². The third-order valence-electron chi connectivity index (χ3n) is 13.9. The maximum atomic E-state index is 13.5. The molecule has 3 saturated carbocycles. The molecule has 4 fully saturated rings. The summed E-state index contributed by atoms with van der Waals surface area (Å²) in [7, 11) is 0. The molecule has 0 radical (unpaired) electrons. The lowest BCUT2D eigenvalue weighted by Gasteiger charge is -2.67. The molecule has 5 rings (SSSR count). The SMILES string of the molecule is CC(=O)OC[C@H]1O[C@H](O[C@H]2CC[C@@]3(C)C(=CC[C@]4(O)[C@@H]3C[C@@H](OC(=O)/C=C(\C)C(C)C)[C@@]3(C)[C@]4(O)CC[C@@]3(O)C(C)=O)C2)[C@@H](OC(C)=O)[C@@H](OC(C)=O)[C@@H]1OC(C)=O. The average molecular weight is 821 g/mol. The van der Waals surface area contributed by atoms with Gasteiger partial charge in [-0.2, -0.15) is 0 Å². The number of carbonyl (C=O) groups excluding carboxylic acids is 6. The van der Waals surface area contributed by atoms with Crippen LogP contribution in [0.15, 0.2) is 23.3 Å². The van der Waals surface area contributed by atoms with Crippen LogP contribution < -0.4 is 0 Å². The smallest absolute Gasteiger partial charge is 0.330 e. The van der Waals surface area contributed by atoms with Gasteiger partial charge in [0.1, 0.15) is 35.6 Å². The second-order valence-corrected chi connectivity index (χ2v) is 17.6. The molecule has 0 aromatic carbocycles. The van der Waals surface area contributed by atoms with Gasteiger partial charge in [0.15, 0.2) is 30.4 Å². The van der Waals surface area contributed by atoms with Crippen LogP contribution in [0.4, 0.5) is 0 Å². The van der Waals surface area contributed by atoms with Crippen molar-refractivity contribution in [2.75, 3.05) is 6.61 Å². The van der Waals surface area contributed by atoms with Crippen molar-refractivity contribution in [3.8, 4) is 0 Å². The largest absolute Gasteiger partial charge is 0.463 e. The van der Waals surface area contributed by atoms with Crippen molar-refractivity contribution in [2.45, 2.75) is 174 Å². The van der Waals surface area contributed by atoms with E-state index in [9.17, 15) is 44.1 Å². The van der Waals surface area contributed by atoms with Gasteiger partial charge in [0.05, 0.1) is 11.5 Å². The normalized spacial score (nSPS) is 40.9. The standard InChI is InChI=1S/C42H60O16/c1-21(2)22(3)17-33(48)58-32-19-31-38(9)13-12-29(18-28(38)11-14-41(31,50)42(51)16-15-40(49,23(4)43)39(32,42)10)56-37-36(55-27(8)47)35(54-26(7)46)34(53-25(6)45)30(57-37)20-52-24(5)44/h11,17,21,29-32,34-37,49-51H,12-16,18-20H2,1-10H3/b22-17+/t29-,30+,31+,32+,34+,35-,36-,37-,38-,39+,40+,41-,42+/m0/s1. The molecular weight excluding hydrogens is 760 g/mol. The Labute approximate surface area is 338 Å². The molecule has 5 aliphatic rings. The third-order valence-corrected chi connectivity index (χ3v) is 13.9. The van der Waals surface area contributed by atoms with Crippen LogP contribution in [0.25, 0.3) is 0 Å². The number of hydrogen-bond donors (Lipinski definition) is 3. The predicted molar refractivity (Wildman–Crippen MR) is 201 cm³/mol. The number of allylic oxidation sites excluding steroid dienone is 1. The lowest BCUT2D eigenvalue weighted by atomic mass is 9.42.